The van der Waals surface area contributed by atoms with Gasteiger partial charge in [-0.15, -0.1) is 0 Å². The molecular weight excluding hydrogens is 262 g/mol. The van der Waals surface area contributed by atoms with Crippen LogP contribution >= 0.6 is 0 Å². The van der Waals surface area contributed by atoms with Gasteiger partial charge in [-0.3, -0.25) is 4.79 Å². The van der Waals surface area contributed by atoms with E-state index in [0.717, 1.165) is 28.1 Å². The van der Waals surface area contributed by atoms with E-state index in [2.05, 4.69) is 24.4 Å². The molecule has 0 aromatic heterocycles. The summed E-state index contributed by atoms with van der Waals surface area (Å²) in [6.07, 6.45) is 0.715. The number of nitrogens with one attached hydrogen (secondary N) is 1. The van der Waals surface area contributed by atoms with E-state index < -0.39 is 0 Å². The average molecular weight is 281 g/mol. The van der Waals surface area contributed by atoms with Gasteiger partial charge in [-0.1, -0.05) is 29.8 Å². The molecule has 0 fully saturated rings. The largest absolute Gasteiger partial charge is 0.496 e. The van der Waals surface area contributed by atoms with Gasteiger partial charge in [0.1, 0.15) is 5.75 Å². The fraction of sp³-hybridized carbons (Fsp3) is 0.278. The van der Waals surface area contributed by atoms with Gasteiger partial charge in [0.25, 0.3) is 0 Å². The van der Waals surface area contributed by atoms with Crippen molar-refractivity contribution in [3.8, 4) is 5.75 Å². The Bertz CT molecular complexity index is 706. The molecule has 1 heterocycles. The lowest BCUT2D eigenvalue weighted by Crippen LogP contribution is -2.14. The monoisotopic (exact) mass is 281 g/mol. The summed E-state index contributed by atoms with van der Waals surface area (Å²) in [6, 6.07) is 12.2. The van der Waals surface area contributed by atoms with Crippen molar-refractivity contribution >= 4 is 11.6 Å². The zero-order valence-corrected chi connectivity index (χ0v) is 12.6. The van der Waals surface area contributed by atoms with Gasteiger partial charge in [0.2, 0.25) is 5.91 Å². The van der Waals surface area contributed by atoms with E-state index in [4.69, 9.17) is 4.74 Å². The standard InChI is InChI=1S/C18H19NO2/c1-11-4-6-16-14(8-11)15(18(20)19-16)10-13-5-7-17(21-3)12(2)9-13/h4-9,15H,10H2,1-3H3,(H,19,20)/t15-/m0/s1. The van der Waals surface area contributed by atoms with E-state index in [1.54, 1.807) is 7.11 Å². The summed E-state index contributed by atoms with van der Waals surface area (Å²) < 4.78 is 5.28. The first kappa shape index (κ1) is 13.7. The predicted molar refractivity (Wildman–Crippen MR) is 84.0 cm³/mol. The van der Waals surface area contributed by atoms with Crippen molar-refractivity contribution in [1.29, 1.82) is 0 Å². The summed E-state index contributed by atoms with van der Waals surface area (Å²) in [5.74, 6) is 0.864. The van der Waals surface area contributed by atoms with Gasteiger partial charge in [-0.2, -0.15) is 0 Å². The quantitative estimate of drug-likeness (QED) is 0.933. The van der Waals surface area contributed by atoms with Gasteiger partial charge >= 0.3 is 0 Å². The lowest BCUT2D eigenvalue weighted by Gasteiger charge is -2.12. The lowest BCUT2D eigenvalue weighted by molar-refractivity contribution is -0.117. The zero-order valence-electron chi connectivity index (χ0n) is 12.6. The van der Waals surface area contributed by atoms with Crippen LogP contribution in [0.4, 0.5) is 5.69 Å². The molecule has 0 radical (unpaired) electrons. The molecule has 108 valence electrons. The molecule has 21 heavy (non-hydrogen) atoms. The number of carbonyl (C=O) groups is 1. The second kappa shape index (κ2) is 5.24. The van der Waals surface area contributed by atoms with Gasteiger partial charge in [-0.25, -0.2) is 0 Å². The molecule has 2 aromatic carbocycles. The molecule has 3 nitrogen and oxygen atoms in total. The Morgan fingerprint density at radius 3 is 2.67 bits per heavy atom. The number of amides is 1. The smallest absolute Gasteiger partial charge is 0.232 e. The van der Waals surface area contributed by atoms with Crippen molar-refractivity contribution in [3.63, 3.8) is 0 Å². The van der Waals surface area contributed by atoms with Crippen LogP contribution in [0.3, 0.4) is 0 Å². The minimum absolute atomic E-state index is 0.0871. The Kier molecular flexibility index (Phi) is 3.42. The zero-order chi connectivity index (χ0) is 15.0. The Morgan fingerprint density at radius 2 is 1.95 bits per heavy atom. The average Bonchev–Trinajstić information content (AvgIpc) is 2.75. The molecule has 1 amide bonds. The van der Waals surface area contributed by atoms with Crippen molar-refractivity contribution < 1.29 is 9.53 Å². The first-order chi connectivity index (χ1) is 10.1. The minimum Gasteiger partial charge on any atom is -0.496 e. The van der Waals surface area contributed by atoms with Crippen LogP contribution in [-0.2, 0) is 11.2 Å². The Hall–Kier alpha value is -2.29. The molecule has 1 aliphatic rings. The molecule has 1 aliphatic heterocycles. The van der Waals surface area contributed by atoms with Crippen molar-refractivity contribution in [2.45, 2.75) is 26.2 Å². The predicted octanol–water partition coefficient (Wildman–Crippen LogP) is 3.59. The minimum atomic E-state index is -0.104. The van der Waals surface area contributed by atoms with Crippen LogP contribution in [0.1, 0.15) is 28.2 Å². The van der Waals surface area contributed by atoms with Crippen molar-refractivity contribution in [1.82, 2.24) is 0 Å². The summed E-state index contributed by atoms with van der Waals surface area (Å²) in [5.41, 5.74) is 5.48. The van der Waals surface area contributed by atoms with Crippen molar-refractivity contribution in [2.75, 3.05) is 12.4 Å². The van der Waals surface area contributed by atoms with E-state index in [-0.39, 0.29) is 11.8 Å². The highest BCUT2D eigenvalue weighted by Gasteiger charge is 2.30. The number of carbonyl (C=O) groups excluding carboxylic acids is 1. The maximum atomic E-state index is 12.2. The highest BCUT2D eigenvalue weighted by atomic mass is 16.5. The Labute approximate surface area is 124 Å². The second-order valence-electron chi connectivity index (χ2n) is 5.64. The number of anilines is 1. The summed E-state index contributed by atoms with van der Waals surface area (Å²) in [6.45, 7) is 4.08. The van der Waals surface area contributed by atoms with Crippen molar-refractivity contribution in [2.24, 2.45) is 0 Å². The number of rotatable bonds is 3. The van der Waals surface area contributed by atoms with Gasteiger partial charge < -0.3 is 10.1 Å². The third-order valence-corrected chi connectivity index (χ3v) is 4.06. The van der Waals surface area contributed by atoms with Crippen LogP contribution in [0.2, 0.25) is 0 Å². The van der Waals surface area contributed by atoms with Crippen LogP contribution < -0.4 is 10.1 Å². The second-order valence-corrected chi connectivity index (χ2v) is 5.64. The molecule has 0 saturated heterocycles. The number of benzene rings is 2. The number of hydrogen-bond donors (Lipinski definition) is 1. The van der Waals surface area contributed by atoms with Gasteiger partial charge in [0.15, 0.2) is 0 Å². The number of hydrogen-bond acceptors (Lipinski definition) is 2. The first-order valence-corrected chi connectivity index (χ1v) is 7.13. The molecule has 0 unspecified atom stereocenters. The van der Waals surface area contributed by atoms with Crippen molar-refractivity contribution in [3.05, 3.63) is 58.7 Å². The van der Waals surface area contributed by atoms with Gasteiger partial charge in [0, 0.05) is 5.69 Å². The fourth-order valence-electron chi connectivity index (χ4n) is 2.95. The van der Waals surface area contributed by atoms with Crippen LogP contribution in [0.15, 0.2) is 36.4 Å². The summed E-state index contributed by atoms with van der Waals surface area (Å²) in [5, 5.41) is 2.97. The molecule has 0 spiro atoms. The molecule has 3 heteroatoms. The fourth-order valence-corrected chi connectivity index (χ4v) is 2.95. The third-order valence-electron chi connectivity index (χ3n) is 4.06. The number of fused-ring (bicyclic) bond motifs is 1. The highest BCUT2D eigenvalue weighted by molar-refractivity contribution is 6.03. The lowest BCUT2D eigenvalue weighted by atomic mass is 9.91. The third kappa shape index (κ3) is 2.51. The summed E-state index contributed by atoms with van der Waals surface area (Å²) in [4.78, 5) is 12.2. The van der Waals surface area contributed by atoms with E-state index in [0.29, 0.717) is 6.42 Å². The van der Waals surface area contributed by atoms with E-state index in [9.17, 15) is 4.79 Å². The maximum Gasteiger partial charge on any atom is 0.232 e. The first-order valence-electron chi connectivity index (χ1n) is 7.13. The molecule has 1 atom stereocenters. The van der Waals surface area contributed by atoms with E-state index in [1.807, 2.05) is 31.2 Å². The molecule has 1 N–H and O–H groups in total. The van der Waals surface area contributed by atoms with E-state index in [1.165, 1.54) is 5.56 Å². The molecule has 0 aliphatic carbocycles. The van der Waals surface area contributed by atoms with E-state index >= 15 is 0 Å². The van der Waals surface area contributed by atoms with Crippen LogP contribution in [0, 0.1) is 13.8 Å². The Balaban J connectivity index is 1.90. The highest BCUT2D eigenvalue weighted by Crippen LogP contribution is 2.35. The summed E-state index contributed by atoms with van der Waals surface area (Å²) >= 11 is 0. The van der Waals surface area contributed by atoms with Gasteiger partial charge in [-0.05, 0) is 49.1 Å². The topological polar surface area (TPSA) is 38.3 Å². The van der Waals surface area contributed by atoms with Crippen LogP contribution in [-0.4, -0.2) is 13.0 Å². The maximum absolute atomic E-state index is 12.2. The van der Waals surface area contributed by atoms with Crippen LogP contribution in [0.5, 0.6) is 5.75 Å². The Morgan fingerprint density at radius 1 is 1.14 bits per heavy atom. The van der Waals surface area contributed by atoms with Crippen LogP contribution in [0.25, 0.3) is 0 Å². The molecule has 3 rings (SSSR count). The molecule has 0 bridgehead atoms. The number of methoxy groups -OCH3 is 1. The summed E-state index contributed by atoms with van der Waals surface area (Å²) in [7, 11) is 1.67. The van der Waals surface area contributed by atoms with Gasteiger partial charge in [0.05, 0.1) is 13.0 Å². The normalized spacial score (nSPS) is 16.5. The number of ether oxygens (including phenoxy) is 1. The SMILES string of the molecule is COc1ccc(C[C@@H]2C(=O)Nc3ccc(C)cc32)cc1C. The molecule has 0 saturated carbocycles. The number of aryl methyl sites for hydroxylation is 2. The molecule has 2 aromatic rings. The molecular formula is C18H19NO2.